The highest BCUT2D eigenvalue weighted by atomic mass is 19.1. The van der Waals surface area contributed by atoms with Crippen LogP contribution in [0, 0.1) is 45.5 Å². The molecule has 61 heavy (non-hydrogen) atoms. The molecule has 4 aliphatic rings. The number of halogens is 3. The number of piperazine rings is 1. The molecule has 3 amide bonds. The number of rotatable bonds is 8. The Labute approximate surface area is 352 Å². The highest BCUT2D eigenvalue weighted by Gasteiger charge is 2.55. The quantitative estimate of drug-likeness (QED) is 0.171. The van der Waals surface area contributed by atoms with Crippen molar-refractivity contribution in [2.24, 2.45) is 22.5 Å². The smallest absolute Gasteiger partial charge is 0.248 e. The minimum absolute atomic E-state index is 0.0545. The number of nitrogens with two attached hydrogens (primary N) is 1. The molecule has 322 valence electrons. The average molecular weight is 840 g/mol. The first kappa shape index (κ1) is 43.2. The van der Waals surface area contributed by atoms with Crippen LogP contribution in [0.2, 0.25) is 0 Å². The molecule has 0 spiro atoms. The molecule has 4 fully saturated rings. The number of fused-ring (bicyclic) bond motifs is 1. The van der Waals surface area contributed by atoms with Gasteiger partial charge < -0.3 is 25.3 Å². The number of anilines is 2. The molecule has 0 bridgehead atoms. The van der Waals surface area contributed by atoms with Gasteiger partial charge in [0.1, 0.15) is 35.4 Å². The van der Waals surface area contributed by atoms with E-state index in [0.717, 1.165) is 63.1 Å². The van der Waals surface area contributed by atoms with Gasteiger partial charge in [0.15, 0.2) is 0 Å². The molecule has 3 aliphatic heterocycles. The molecule has 1 aromatic heterocycles. The van der Waals surface area contributed by atoms with E-state index in [1.165, 1.54) is 24.3 Å². The number of primary amides is 1. The number of carbonyl (C=O) groups excluding carboxylic acids is 3. The topological polar surface area (TPSA) is 165 Å². The molecule has 12 nitrogen and oxygen atoms in total. The standard InChI is InChI=1S/C28H32F3N5O3.C18H20N2O2/c29-21-13-18(27(32)38)1-3-24(21)36-7-5-17(6-8-36)16-34-9-11-35(12-10-34)19-14-22(30)26(23(31)15-19)20-2-4-25(37)33-28(20)39;1-17(2)10-18(3,4)16(17)22-13-7-5-11(9-19)15-12(13)6-8-14(21)20-15/h1,3,13-15,17,20H,2,4-12,16H2,(H2,32,38)(H,33,37,39);5-8,16H,10H2,1-4H3,(H,20,21). The number of imide groups is 1. The van der Waals surface area contributed by atoms with Gasteiger partial charge in [0.05, 0.1) is 22.7 Å². The fraction of sp³-hybridized carbons (Fsp3) is 0.457. The molecular weight excluding hydrogens is 788 g/mol. The summed E-state index contributed by atoms with van der Waals surface area (Å²) in [6.07, 6.45) is 3.18. The van der Waals surface area contributed by atoms with Crippen LogP contribution < -0.4 is 31.1 Å². The summed E-state index contributed by atoms with van der Waals surface area (Å²) >= 11 is 0. The van der Waals surface area contributed by atoms with Crippen LogP contribution in [0.25, 0.3) is 10.9 Å². The first-order valence-corrected chi connectivity index (χ1v) is 20.8. The molecule has 8 rings (SSSR count). The van der Waals surface area contributed by atoms with Crippen LogP contribution in [-0.2, 0) is 9.59 Å². The largest absolute Gasteiger partial charge is 0.489 e. The van der Waals surface area contributed by atoms with Crippen molar-refractivity contribution >= 4 is 40.0 Å². The first-order chi connectivity index (χ1) is 28.9. The van der Waals surface area contributed by atoms with Crippen molar-refractivity contribution in [2.45, 2.75) is 71.8 Å². The Kier molecular flexibility index (Phi) is 12.2. The number of pyridine rings is 1. The van der Waals surface area contributed by atoms with Gasteiger partial charge in [-0.25, -0.2) is 13.2 Å². The Morgan fingerprint density at radius 1 is 0.852 bits per heavy atom. The van der Waals surface area contributed by atoms with E-state index in [1.807, 2.05) is 15.9 Å². The van der Waals surface area contributed by atoms with E-state index < -0.39 is 41.1 Å². The molecular formula is C46H52F3N7O5. The van der Waals surface area contributed by atoms with Crippen molar-refractivity contribution in [2.75, 3.05) is 55.6 Å². The summed E-state index contributed by atoms with van der Waals surface area (Å²) in [6.45, 7) is 13.9. The summed E-state index contributed by atoms with van der Waals surface area (Å²) in [6, 6.07) is 15.7. The molecule has 1 aliphatic carbocycles. The van der Waals surface area contributed by atoms with Gasteiger partial charge in [-0.15, -0.1) is 0 Å². The maximum absolute atomic E-state index is 15.0. The van der Waals surface area contributed by atoms with Crippen molar-refractivity contribution < 1.29 is 32.3 Å². The van der Waals surface area contributed by atoms with Crippen LogP contribution in [0.1, 0.15) is 87.2 Å². The van der Waals surface area contributed by atoms with Gasteiger partial charge in [0.25, 0.3) is 0 Å². The van der Waals surface area contributed by atoms with Gasteiger partial charge in [-0.1, -0.05) is 27.7 Å². The second kappa shape index (κ2) is 17.2. The zero-order valence-corrected chi connectivity index (χ0v) is 35.0. The van der Waals surface area contributed by atoms with Crippen LogP contribution in [0.4, 0.5) is 24.5 Å². The van der Waals surface area contributed by atoms with Crippen LogP contribution in [-0.4, -0.2) is 79.5 Å². The van der Waals surface area contributed by atoms with Crippen LogP contribution >= 0.6 is 0 Å². The summed E-state index contributed by atoms with van der Waals surface area (Å²) in [5, 5.41) is 12.1. The maximum atomic E-state index is 15.0. The second-order valence-electron chi connectivity index (χ2n) is 18.1. The number of piperidine rings is 2. The van der Waals surface area contributed by atoms with Gasteiger partial charge in [0, 0.05) is 91.3 Å². The summed E-state index contributed by atoms with van der Waals surface area (Å²) in [5.74, 6) is -3.56. The van der Waals surface area contributed by atoms with E-state index in [4.69, 9.17) is 10.5 Å². The third kappa shape index (κ3) is 9.24. The molecule has 4 N–H and O–H groups in total. The number of benzene rings is 3. The zero-order chi connectivity index (χ0) is 43.8. The lowest BCUT2D eigenvalue weighted by Gasteiger charge is -2.56. The molecule has 4 aromatic rings. The van der Waals surface area contributed by atoms with Crippen LogP contribution in [0.3, 0.4) is 0 Å². The SMILES string of the molecule is CC1(C)CC(C)(C)C1Oc1ccc(C#N)c2[nH]c(=O)ccc12.NC(=O)c1ccc(N2CCC(CN3CCN(c4cc(F)c(C5CCC(=O)NC5=O)c(F)c4)CC3)CC2)c(F)c1. The lowest BCUT2D eigenvalue weighted by Crippen LogP contribution is -2.58. The molecule has 0 radical (unpaired) electrons. The van der Waals surface area contributed by atoms with Gasteiger partial charge in [-0.05, 0) is 80.1 Å². The number of nitriles is 1. The number of carbonyl (C=O) groups is 3. The molecule has 3 aromatic carbocycles. The van der Waals surface area contributed by atoms with Gasteiger partial charge in [-0.3, -0.25) is 29.4 Å². The number of aromatic nitrogens is 1. The van der Waals surface area contributed by atoms with Crippen molar-refractivity contribution in [3.63, 3.8) is 0 Å². The van der Waals surface area contributed by atoms with E-state index in [1.54, 1.807) is 24.3 Å². The minimum Gasteiger partial charge on any atom is -0.489 e. The van der Waals surface area contributed by atoms with Crippen LogP contribution in [0.5, 0.6) is 5.75 Å². The lowest BCUT2D eigenvalue weighted by atomic mass is 9.53. The van der Waals surface area contributed by atoms with E-state index >= 15 is 0 Å². The summed E-state index contributed by atoms with van der Waals surface area (Å²) in [4.78, 5) is 55.4. The molecule has 1 unspecified atom stereocenters. The number of hydrogen-bond acceptors (Lipinski definition) is 9. The minimum atomic E-state index is -1.01. The fourth-order valence-corrected chi connectivity index (χ4v) is 10.0. The van der Waals surface area contributed by atoms with Crippen LogP contribution in [0.15, 0.2) is 59.4 Å². The fourth-order valence-electron chi connectivity index (χ4n) is 10.0. The van der Waals surface area contributed by atoms with Crippen molar-refractivity contribution in [3.05, 3.63) is 99.1 Å². The molecule has 15 heteroatoms. The number of aromatic amines is 1. The Morgan fingerprint density at radius 2 is 1.52 bits per heavy atom. The van der Waals surface area contributed by atoms with Crippen molar-refractivity contribution in [1.29, 1.82) is 5.26 Å². The zero-order valence-electron chi connectivity index (χ0n) is 35.0. The monoisotopic (exact) mass is 839 g/mol. The van der Waals surface area contributed by atoms with Crippen molar-refractivity contribution in [1.82, 2.24) is 15.2 Å². The Bertz CT molecular complexity index is 2410. The second-order valence-corrected chi connectivity index (χ2v) is 18.1. The van der Waals surface area contributed by atoms with E-state index in [9.17, 15) is 37.6 Å². The summed E-state index contributed by atoms with van der Waals surface area (Å²) in [7, 11) is 0. The molecule has 3 saturated heterocycles. The normalized spacial score (nSPS) is 20.6. The Morgan fingerprint density at radius 3 is 2.11 bits per heavy atom. The van der Waals surface area contributed by atoms with Gasteiger partial charge in [-0.2, -0.15) is 5.26 Å². The summed E-state index contributed by atoms with van der Waals surface area (Å²) < 4.78 is 50.7. The third-order valence-corrected chi connectivity index (χ3v) is 12.6. The highest BCUT2D eigenvalue weighted by molar-refractivity contribution is 6.01. The Hall–Kier alpha value is -5.88. The van der Waals surface area contributed by atoms with E-state index in [-0.39, 0.29) is 46.5 Å². The van der Waals surface area contributed by atoms with E-state index in [2.05, 4.69) is 49.0 Å². The predicted octanol–water partition coefficient (Wildman–Crippen LogP) is 6.36. The van der Waals surface area contributed by atoms with Gasteiger partial charge in [0.2, 0.25) is 23.3 Å². The first-order valence-electron chi connectivity index (χ1n) is 20.8. The number of amides is 3. The van der Waals surface area contributed by atoms with Crippen molar-refractivity contribution in [3.8, 4) is 11.8 Å². The third-order valence-electron chi connectivity index (χ3n) is 12.6. The number of ether oxygens (including phenoxy) is 1. The lowest BCUT2D eigenvalue weighted by molar-refractivity contribution is -0.134. The number of nitrogens with zero attached hydrogens (tertiary/aromatic N) is 4. The Balaban J connectivity index is 0.000000215. The average Bonchev–Trinajstić information content (AvgIpc) is 3.20. The number of nitrogens with one attached hydrogen (secondary N) is 2. The molecule has 1 saturated carbocycles. The molecule has 4 heterocycles. The summed E-state index contributed by atoms with van der Waals surface area (Å²) in [5.41, 5.74) is 7.04. The maximum Gasteiger partial charge on any atom is 0.248 e. The van der Waals surface area contributed by atoms with E-state index in [0.29, 0.717) is 41.5 Å². The number of H-pyrrole nitrogens is 1. The van der Waals surface area contributed by atoms with Gasteiger partial charge >= 0.3 is 0 Å². The molecule has 1 atom stereocenters. The predicted molar refractivity (Wildman–Crippen MR) is 226 cm³/mol. The number of hydrogen-bond donors (Lipinski definition) is 3. The highest BCUT2D eigenvalue weighted by Crippen LogP contribution is 2.55.